The maximum Gasteiger partial charge on any atom is 0.274 e. The Kier molecular flexibility index (Phi) is 6.07. The van der Waals surface area contributed by atoms with Crippen molar-refractivity contribution in [3.63, 3.8) is 0 Å². The molecular formula is C19H23N3O2. The van der Waals surface area contributed by atoms with Crippen molar-refractivity contribution < 1.29 is 9.59 Å². The van der Waals surface area contributed by atoms with E-state index in [1.165, 1.54) is 6.92 Å². The SMILES string of the molecule is CCCCN(C)c1ccnc(C(=O)Nc2ccc(C(C)=O)cc2)c1. The van der Waals surface area contributed by atoms with Crippen molar-refractivity contribution in [2.75, 3.05) is 23.8 Å². The number of hydrogen-bond acceptors (Lipinski definition) is 4. The highest BCUT2D eigenvalue weighted by Crippen LogP contribution is 2.16. The zero-order valence-electron chi connectivity index (χ0n) is 14.4. The van der Waals surface area contributed by atoms with Gasteiger partial charge in [-0.05, 0) is 49.7 Å². The number of pyridine rings is 1. The van der Waals surface area contributed by atoms with Gasteiger partial charge in [-0.1, -0.05) is 13.3 Å². The number of carbonyl (C=O) groups excluding carboxylic acids is 2. The predicted octanol–water partition coefficient (Wildman–Crippen LogP) is 3.77. The average molecular weight is 325 g/mol. The fourth-order valence-corrected chi connectivity index (χ4v) is 2.29. The maximum atomic E-state index is 12.4. The van der Waals surface area contributed by atoms with Gasteiger partial charge >= 0.3 is 0 Å². The Bertz CT molecular complexity index is 711. The number of unbranched alkanes of at least 4 members (excludes halogenated alkanes) is 1. The van der Waals surface area contributed by atoms with Crippen LogP contribution in [0.3, 0.4) is 0 Å². The molecule has 2 rings (SSSR count). The van der Waals surface area contributed by atoms with Gasteiger partial charge in [0.25, 0.3) is 5.91 Å². The molecule has 1 aromatic carbocycles. The van der Waals surface area contributed by atoms with Gasteiger partial charge in [0.1, 0.15) is 5.69 Å². The van der Waals surface area contributed by atoms with Crippen LogP contribution in [0.4, 0.5) is 11.4 Å². The molecule has 2 aromatic rings. The molecule has 0 aliphatic carbocycles. The number of nitrogens with zero attached hydrogens (tertiary/aromatic N) is 2. The van der Waals surface area contributed by atoms with Crippen LogP contribution in [0.15, 0.2) is 42.6 Å². The molecular weight excluding hydrogens is 302 g/mol. The Morgan fingerprint density at radius 3 is 2.50 bits per heavy atom. The number of amides is 1. The molecule has 5 heteroatoms. The summed E-state index contributed by atoms with van der Waals surface area (Å²) in [4.78, 5) is 29.9. The summed E-state index contributed by atoms with van der Waals surface area (Å²) in [6, 6.07) is 10.5. The highest BCUT2D eigenvalue weighted by Gasteiger charge is 2.10. The summed E-state index contributed by atoms with van der Waals surface area (Å²) >= 11 is 0. The fourth-order valence-electron chi connectivity index (χ4n) is 2.29. The molecule has 1 amide bonds. The van der Waals surface area contributed by atoms with Crippen LogP contribution in [0.5, 0.6) is 0 Å². The van der Waals surface area contributed by atoms with Crippen LogP contribution in [0, 0.1) is 0 Å². The summed E-state index contributed by atoms with van der Waals surface area (Å²) in [5.41, 5.74) is 2.59. The summed E-state index contributed by atoms with van der Waals surface area (Å²) < 4.78 is 0. The van der Waals surface area contributed by atoms with Gasteiger partial charge < -0.3 is 10.2 Å². The molecule has 5 nitrogen and oxygen atoms in total. The summed E-state index contributed by atoms with van der Waals surface area (Å²) in [5, 5.41) is 2.80. The third kappa shape index (κ3) is 4.65. The maximum absolute atomic E-state index is 12.4. The second-order valence-corrected chi connectivity index (χ2v) is 5.76. The van der Waals surface area contributed by atoms with Gasteiger partial charge in [0.15, 0.2) is 5.78 Å². The third-order valence-electron chi connectivity index (χ3n) is 3.81. The topological polar surface area (TPSA) is 62.3 Å². The Labute approximate surface area is 142 Å². The second kappa shape index (κ2) is 8.24. The first-order chi connectivity index (χ1) is 11.5. The summed E-state index contributed by atoms with van der Waals surface area (Å²) in [6.45, 7) is 4.60. The van der Waals surface area contributed by atoms with E-state index in [9.17, 15) is 9.59 Å². The van der Waals surface area contributed by atoms with E-state index < -0.39 is 0 Å². The minimum absolute atomic E-state index is 0.00244. The van der Waals surface area contributed by atoms with Gasteiger partial charge in [0, 0.05) is 36.7 Å². The predicted molar refractivity (Wildman–Crippen MR) is 96.8 cm³/mol. The lowest BCUT2D eigenvalue weighted by Gasteiger charge is -2.19. The molecule has 0 saturated carbocycles. The highest BCUT2D eigenvalue weighted by molar-refractivity contribution is 6.03. The quantitative estimate of drug-likeness (QED) is 0.787. The van der Waals surface area contributed by atoms with Gasteiger partial charge in [-0.15, -0.1) is 0 Å². The van der Waals surface area contributed by atoms with E-state index in [0.717, 1.165) is 25.1 Å². The lowest BCUT2D eigenvalue weighted by molar-refractivity contribution is 0.101. The molecule has 1 N–H and O–H groups in total. The lowest BCUT2D eigenvalue weighted by Crippen LogP contribution is -2.20. The molecule has 0 atom stereocenters. The van der Waals surface area contributed by atoms with Gasteiger partial charge in [-0.3, -0.25) is 14.6 Å². The second-order valence-electron chi connectivity index (χ2n) is 5.76. The van der Waals surface area contributed by atoms with Crippen molar-refractivity contribution >= 4 is 23.1 Å². The first-order valence-corrected chi connectivity index (χ1v) is 8.10. The number of carbonyl (C=O) groups is 2. The van der Waals surface area contributed by atoms with Crippen LogP contribution in [-0.2, 0) is 0 Å². The number of aromatic nitrogens is 1. The molecule has 126 valence electrons. The van der Waals surface area contributed by atoms with E-state index in [2.05, 4.69) is 22.1 Å². The number of nitrogens with one attached hydrogen (secondary N) is 1. The van der Waals surface area contributed by atoms with Crippen molar-refractivity contribution in [1.82, 2.24) is 4.98 Å². The minimum Gasteiger partial charge on any atom is -0.374 e. The standard InChI is InChI=1S/C19H23N3O2/c1-4-5-12-22(3)17-10-11-20-18(13-17)19(24)21-16-8-6-15(7-9-16)14(2)23/h6-11,13H,4-5,12H2,1-3H3,(H,21,24). The number of rotatable bonds is 7. The molecule has 1 aromatic heterocycles. The normalized spacial score (nSPS) is 10.3. The van der Waals surface area contributed by atoms with Gasteiger partial charge in [-0.2, -0.15) is 0 Å². The Morgan fingerprint density at radius 1 is 1.17 bits per heavy atom. The van der Waals surface area contributed by atoms with E-state index in [0.29, 0.717) is 16.9 Å². The number of benzene rings is 1. The summed E-state index contributed by atoms with van der Waals surface area (Å²) in [7, 11) is 2.01. The summed E-state index contributed by atoms with van der Waals surface area (Å²) in [6.07, 6.45) is 3.87. The van der Waals surface area contributed by atoms with Gasteiger partial charge in [0.2, 0.25) is 0 Å². The Balaban J connectivity index is 2.08. The Hall–Kier alpha value is -2.69. The fraction of sp³-hybridized carbons (Fsp3) is 0.316. The zero-order valence-corrected chi connectivity index (χ0v) is 14.4. The van der Waals surface area contributed by atoms with E-state index in [-0.39, 0.29) is 11.7 Å². The molecule has 0 saturated heterocycles. The molecule has 1 heterocycles. The molecule has 0 bridgehead atoms. The van der Waals surface area contributed by atoms with Crippen LogP contribution in [0.2, 0.25) is 0 Å². The molecule has 24 heavy (non-hydrogen) atoms. The lowest BCUT2D eigenvalue weighted by atomic mass is 10.1. The minimum atomic E-state index is -0.267. The van der Waals surface area contributed by atoms with E-state index in [1.807, 2.05) is 13.1 Å². The van der Waals surface area contributed by atoms with Gasteiger partial charge in [-0.25, -0.2) is 0 Å². The van der Waals surface area contributed by atoms with Crippen molar-refractivity contribution in [2.24, 2.45) is 0 Å². The van der Waals surface area contributed by atoms with Crippen LogP contribution in [0.1, 0.15) is 47.5 Å². The first kappa shape index (κ1) is 17.7. The van der Waals surface area contributed by atoms with E-state index >= 15 is 0 Å². The highest BCUT2D eigenvalue weighted by atomic mass is 16.2. The average Bonchev–Trinajstić information content (AvgIpc) is 2.60. The molecule has 0 spiro atoms. The zero-order chi connectivity index (χ0) is 17.5. The smallest absolute Gasteiger partial charge is 0.274 e. The van der Waals surface area contributed by atoms with Crippen molar-refractivity contribution in [2.45, 2.75) is 26.7 Å². The molecule has 0 aliphatic rings. The first-order valence-electron chi connectivity index (χ1n) is 8.10. The van der Waals surface area contributed by atoms with Crippen molar-refractivity contribution in [1.29, 1.82) is 0 Å². The summed E-state index contributed by atoms with van der Waals surface area (Å²) in [5.74, 6) is -0.270. The van der Waals surface area contributed by atoms with Crippen molar-refractivity contribution in [3.05, 3.63) is 53.9 Å². The molecule has 0 fully saturated rings. The van der Waals surface area contributed by atoms with Gasteiger partial charge in [0.05, 0.1) is 0 Å². The molecule has 0 aliphatic heterocycles. The van der Waals surface area contributed by atoms with E-state index in [4.69, 9.17) is 0 Å². The number of Topliss-reactive ketones (excluding diaryl/α,β-unsaturated/α-hetero) is 1. The van der Waals surface area contributed by atoms with Crippen LogP contribution in [0.25, 0.3) is 0 Å². The van der Waals surface area contributed by atoms with Crippen LogP contribution >= 0.6 is 0 Å². The molecule has 0 unspecified atom stereocenters. The third-order valence-corrected chi connectivity index (χ3v) is 3.81. The van der Waals surface area contributed by atoms with Crippen LogP contribution < -0.4 is 10.2 Å². The monoisotopic (exact) mass is 325 g/mol. The number of anilines is 2. The van der Waals surface area contributed by atoms with Crippen molar-refractivity contribution in [3.8, 4) is 0 Å². The molecule has 0 radical (unpaired) electrons. The van der Waals surface area contributed by atoms with E-state index in [1.54, 1.807) is 36.5 Å². The number of hydrogen-bond donors (Lipinski definition) is 1. The Morgan fingerprint density at radius 2 is 1.88 bits per heavy atom. The van der Waals surface area contributed by atoms with Crippen LogP contribution in [-0.4, -0.2) is 30.3 Å². The number of ketones is 1. The largest absolute Gasteiger partial charge is 0.374 e.